The Labute approximate surface area is 170 Å². The van der Waals surface area contributed by atoms with Gasteiger partial charge in [-0.05, 0) is 36.6 Å². The molecule has 2 N–H and O–H groups in total. The molecule has 2 aromatic carbocycles. The molecule has 1 heterocycles. The number of nitrogens with one attached hydrogen (secondary N) is 2. The van der Waals surface area contributed by atoms with Crippen LogP contribution in [0.15, 0.2) is 65.8 Å². The average molecular weight is 413 g/mol. The Bertz CT molecular complexity index is 1090. The highest BCUT2D eigenvalue weighted by atomic mass is 32.2. The van der Waals surface area contributed by atoms with Crippen molar-refractivity contribution >= 4 is 21.6 Å². The zero-order chi connectivity index (χ0) is 20.9. The van der Waals surface area contributed by atoms with Gasteiger partial charge in [0.25, 0.3) is 0 Å². The van der Waals surface area contributed by atoms with Crippen LogP contribution in [0.2, 0.25) is 0 Å². The number of amides is 1. The molecular weight excluding hydrogens is 388 g/mol. The van der Waals surface area contributed by atoms with Crippen molar-refractivity contribution < 1.29 is 13.2 Å². The molecule has 0 radical (unpaired) electrons. The third-order valence-corrected chi connectivity index (χ3v) is 5.98. The van der Waals surface area contributed by atoms with Crippen LogP contribution in [-0.4, -0.2) is 30.7 Å². The molecule has 0 saturated carbocycles. The molecule has 0 bridgehead atoms. The molecule has 1 aromatic heterocycles. The lowest BCUT2D eigenvalue weighted by molar-refractivity contribution is -0.116. The van der Waals surface area contributed by atoms with Crippen LogP contribution in [0.1, 0.15) is 23.1 Å². The van der Waals surface area contributed by atoms with Crippen molar-refractivity contribution in [1.82, 2.24) is 14.5 Å². The Hall–Kier alpha value is -2.97. The van der Waals surface area contributed by atoms with Crippen LogP contribution in [0.25, 0.3) is 0 Å². The Balaban J connectivity index is 1.51. The number of hydrogen-bond acceptors (Lipinski definition) is 4. The molecular formula is C21H24N4O3S. The highest BCUT2D eigenvalue weighted by Crippen LogP contribution is 2.16. The lowest BCUT2D eigenvalue weighted by Gasteiger charge is -2.10. The molecule has 0 unspecified atom stereocenters. The minimum atomic E-state index is -3.66. The van der Waals surface area contributed by atoms with Crippen molar-refractivity contribution in [2.75, 3.05) is 11.9 Å². The Kier molecular flexibility index (Phi) is 6.46. The number of rotatable bonds is 8. The predicted octanol–water partition coefficient (Wildman–Crippen LogP) is 2.86. The van der Waals surface area contributed by atoms with Crippen molar-refractivity contribution in [3.63, 3.8) is 0 Å². The van der Waals surface area contributed by atoms with Gasteiger partial charge in [-0.3, -0.25) is 9.48 Å². The molecule has 29 heavy (non-hydrogen) atoms. The van der Waals surface area contributed by atoms with Crippen molar-refractivity contribution in [3.05, 3.63) is 77.6 Å². The van der Waals surface area contributed by atoms with Gasteiger partial charge < -0.3 is 5.32 Å². The molecule has 7 nitrogen and oxygen atoms in total. The fraction of sp³-hybridized carbons (Fsp3) is 0.238. The van der Waals surface area contributed by atoms with E-state index in [9.17, 15) is 13.2 Å². The molecule has 0 aliphatic rings. The molecule has 1 amide bonds. The summed E-state index contributed by atoms with van der Waals surface area (Å²) in [4.78, 5) is 12.4. The van der Waals surface area contributed by atoms with Crippen LogP contribution in [0.5, 0.6) is 0 Å². The van der Waals surface area contributed by atoms with Crippen LogP contribution in [0, 0.1) is 13.8 Å². The van der Waals surface area contributed by atoms with Crippen LogP contribution >= 0.6 is 0 Å². The van der Waals surface area contributed by atoms with Gasteiger partial charge in [-0.1, -0.05) is 42.5 Å². The van der Waals surface area contributed by atoms with E-state index in [-0.39, 0.29) is 23.8 Å². The minimum Gasteiger partial charge on any atom is -0.323 e. The molecule has 0 aliphatic heterocycles. The van der Waals surface area contributed by atoms with Gasteiger partial charge >= 0.3 is 0 Å². The van der Waals surface area contributed by atoms with Gasteiger partial charge in [-0.25, -0.2) is 13.1 Å². The maximum absolute atomic E-state index is 12.5. The smallest absolute Gasteiger partial charge is 0.240 e. The zero-order valence-electron chi connectivity index (χ0n) is 16.4. The van der Waals surface area contributed by atoms with Crippen LogP contribution in [0.4, 0.5) is 5.69 Å². The highest BCUT2D eigenvalue weighted by molar-refractivity contribution is 7.89. The minimum absolute atomic E-state index is 0.0136. The molecule has 8 heteroatoms. The number of benzene rings is 2. The van der Waals surface area contributed by atoms with E-state index >= 15 is 0 Å². The number of aromatic nitrogens is 2. The first-order chi connectivity index (χ1) is 13.8. The van der Waals surface area contributed by atoms with E-state index in [0.29, 0.717) is 17.8 Å². The largest absolute Gasteiger partial charge is 0.323 e. The van der Waals surface area contributed by atoms with E-state index in [0.717, 1.165) is 11.1 Å². The van der Waals surface area contributed by atoms with Crippen LogP contribution < -0.4 is 10.0 Å². The lowest BCUT2D eigenvalue weighted by Crippen LogP contribution is -2.28. The first kappa shape index (κ1) is 20.8. The molecule has 0 aliphatic carbocycles. The number of nitrogens with zero attached hydrogens (tertiary/aromatic N) is 2. The van der Waals surface area contributed by atoms with Crippen molar-refractivity contribution in [2.45, 2.75) is 31.7 Å². The summed E-state index contributed by atoms with van der Waals surface area (Å²) in [5.74, 6) is -0.284. The van der Waals surface area contributed by atoms with E-state index in [1.807, 2.05) is 43.3 Å². The SMILES string of the molecule is Cc1ccc(C)c(S(=O)(=O)NCCC(=O)Nc2cnn(Cc3ccccc3)c2)c1. The normalized spacial score (nSPS) is 11.4. The van der Waals surface area contributed by atoms with Crippen LogP contribution in [0.3, 0.4) is 0 Å². The van der Waals surface area contributed by atoms with Gasteiger partial charge in [0, 0.05) is 19.2 Å². The van der Waals surface area contributed by atoms with E-state index in [2.05, 4.69) is 15.1 Å². The highest BCUT2D eigenvalue weighted by Gasteiger charge is 2.17. The standard InChI is InChI=1S/C21H24N4O3S/c1-16-8-9-17(2)20(12-16)29(27,28)23-11-10-21(26)24-19-13-22-25(15-19)14-18-6-4-3-5-7-18/h3-9,12-13,15,23H,10-11,14H2,1-2H3,(H,24,26). The summed E-state index contributed by atoms with van der Waals surface area (Å²) in [7, 11) is -3.66. The summed E-state index contributed by atoms with van der Waals surface area (Å²) in [6, 6.07) is 15.1. The lowest BCUT2D eigenvalue weighted by atomic mass is 10.2. The second kappa shape index (κ2) is 9.02. The van der Waals surface area contributed by atoms with Crippen molar-refractivity contribution in [3.8, 4) is 0 Å². The number of sulfonamides is 1. The fourth-order valence-electron chi connectivity index (χ4n) is 2.88. The quantitative estimate of drug-likeness (QED) is 0.595. The summed E-state index contributed by atoms with van der Waals surface area (Å²) in [5, 5.41) is 6.97. The van der Waals surface area contributed by atoms with Gasteiger partial charge in [0.05, 0.1) is 23.3 Å². The summed E-state index contributed by atoms with van der Waals surface area (Å²) < 4.78 is 29.2. The zero-order valence-corrected chi connectivity index (χ0v) is 17.2. The van der Waals surface area contributed by atoms with Gasteiger partial charge in [-0.2, -0.15) is 5.10 Å². The van der Waals surface area contributed by atoms with Gasteiger partial charge in [0.1, 0.15) is 0 Å². The monoisotopic (exact) mass is 412 g/mol. The van der Waals surface area contributed by atoms with E-state index in [4.69, 9.17) is 0 Å². The number of hydrogen-bond donors (Lipinski definition) is 2. The Morgan fingerprint density at radius 1 is 1.10 bits per heavy atom. The van der Waals surface area contributed by atoms with Gasteiger partial charge in [0.2, 0.25) is 15.9 Å². The molecule has 3 rings (SSSR count). The Morgan fingerprint density at radius 3 is 2.62 bits per heavy atom. The second-order valence-electron chi connectivity index (χ2n) is 6.88. The molecule has 0 fully saturated rings. The van der Waals surface area contributed by atoms with Gasteiger partial charge in [-0.15, -0.1) is 0 Å². The maximum Gasteiger partial charge on any atom is 0.240 e. The fourth-order valence-corrected chi connectivity index (χ4v) is 4.24. The molecule has 0 saturated heterocycles. The molecule has 0 spiro atoms. The van der Waals surface area contributed by atoms with E-state index in [1.54, 1.807) is 36.1 Å². The summed E-state index contributed by atoms with van der Waals surface area (Å²) in [6.45, 7) is 4.20. The number of carbonyl (C=O) groups is 1. The average Bonchev–Trinajstić information content (AvgIpc) is 3.11. The maximum atomic E-state index is 12.5. The summed E-state index contributed by atoms with van der Waals surface area (Å²) in [5.41, 5.74) is 3.21. The third kappa shape index (κ3) is 5.75. The predicted molar refractivity (Wildman–Crippen MR) is 112 cm³/mol. The number of aryl methyl sites for hydroxylation is 2. The first-order valence-corrected chi connectivity index (χ1v) is 10.7. The van der Waals surface area contributed by atoms with Gasteiger partial charge in [0.15, 0.2) is 0 Å². The molecule has 152 valence electrons. The topological polar surface area (TPSA) is 93.1 Å². The number of carbonyl (C=O) groups excluding carboxylic acids is 1. The van der Waals surface area contributed by atoms with Crippen LogP contribution in [-0.2, 0) is 21.4 Å². The van der Waals surface area contributed by atoms with Crippen molar-refractivity contribution in [2.24, 2.45) is 0 Å². The third-order valence-electron chi connectivity index (χ3n) is 4.38. The summed E-state index contributed by atoms with van der Waals surface area (Å²) >= 11 is 0. The second-order valence-corrected chi connectivity index (χ2v) is 8.61. The van der Waals surface area contributed by atoms with E-state index < -0.39 is 10.0 Å². The first-order valence-electron chi connectivity index (χ1n) is 9.27. The molecule has 3 aromatic rings. The molecule has 0 atom stereocenters. The Morgan fingerprint density at radius 2 is 1.86 bits per heavy atom. The number of anilines is 1. The van der Waals surface area contributed by atoms with Crippen molar-refractivity contribution in [1.29, 1.82) is 0 Å². The van der Waals surface area contributed by atoms with E-state index in [1.165, 1.54) is 0 Å². The summed E-state index contributed by atoms with van der Waals surface area (Å²) in [6.07, 6.45) is 3.33.